The fourth-order valence-electron chi connectivity index (χ4n) is 2.17. The third-order valence-electron chi connectivity index (χ3n) is 3.40. The van der Waals surface area contributed by atoms with Crippen molar-refractivity contribution in [2.45, 2.75) is 19.6 Å². The summed E-state index contributed by atoms with van der Waals surface area (Å²) < 4.78 is 11.3. The van der Waals surface area contributed by atoms with Gasteiger partial charge in [0.2, 0.25) is 5.89 Å². The molecular formula is C18H16ClNO3. The molecule has 0 bridgehead atoms. The van der Waals surface area contributed by atoms with E-state index in [9.17, 15) is 5.11 Å². The van der Waals surface area contributed by atoms with E-state index in [0.717, 1.165) is 11.1 Å². The SMILES string of the molecule is CC(O)c1cccc(OCc2ncc(-c3ccccc3Cl)o2)c1. The second-order valence-electron chi connectivity index (χ2n) is 5.14. The Morgan fingerprint density at radius 2 is 2.04 bits per heavy atom. The molecule has 23 heavy (non-hydrogen) atoms. The summed E-state index contributed by atoms with van der Waals surface area (Å²) in [5, 5.41) is 10.2. The minimum Gasteiger partial charge on any atom is -0.484 e. The summed E-state index contributed by atoms with van der Waals surface area (Å²) in [4.78, 5) is 4.21. The molecule has 0 amide bonds. The summed E-state index contributed by atoms with van der Waals surface area (Å²) in [6.45, 7) is 1.91. The second kappa shape index (κ2) is 6.86. The molecule has 0 spiro atoms. The quantitative estimate of drug-likeness (QED) is 0.741. The minimum absolute atomic E-state index is 0.202. The number of hydrogen-bond donors (Lipinski definition) is 1. The summed E-state index contributed by atoms with van der Waals surface area (Å²) >= 11 is 6.15. The zero-order valence-electron chi connectivity index (χ0n) is 12.6. The van der Waals surface area contributed by atoms with E-state index < -0.39 is 6.10 Å². The molecule has 0 aliphatic heterocycles. The van der Waals surface area contributed by atoms with Crippen molar-refractivity contribution in [3.63, 3.8) is 0 Å². The van der Waals surface area contributed by atoms with Gasteiger partial charge in [0.05, 0.1) is 17.3 Å². The van der Waals surface area contributed by atoms with E-state index in [1.54, 1.807) is 25.3 Å². The Labute approximate surface area is 139 Å². The number of benzene rings is 2. The van der Waals surface area contributed by atoms with Gasteiger partial charge in [0.25, 0.3) is 0 Å². The van der Waals surface area contributed by atoms with Gasteiger partial charge in [0.15, 0.2) is 12.4 Å². The Balaban J connectivity index is 1.70. The van der Waals surface area contributed by atoms with Gasteiger partial charge in [0.1, 0.15) is 5.75 Å². The first-order chi connectivity index (χ1) is 11.1. The first-order valence-electron chi connectivity index (χ1n) is 7.24. The van der Waals surface area contributed by atoms with Gasteiger partial charge >= 0.3 is 0 Å². The average molecular weight is 330 g/mol. The Bertz CT molecular complexity index is 798. The normalized spacial score (nSPS) is 12.1. The molecule has 5 heteroatoms. The number of rotatable bonds is 5. The number of aliphatic hydroxyl groups is 1. The van der Waals surface area contributed by atoms with Crippen LogP contribution in [-0.2, 0) is 6.61 Å². The minimum atomic E-state index is -0.535. The Morgan fingerprint density at radius 3 is 2.83 bits per heavy atom. The number of aliphatic hydroxyl groups excluding tert-OH is 1. The van der Waals surface area contributed by atoms with Crippen LogP contribution in [-0.4, -0.2) is 10.1 Å². The molecule has 0 aliphatic carbocycles. The van der Waals surface area contributed by atoms with Crippen LogP contribution in [0.2, 0.25) is 5.02 Å². The third kappa shape index (κ3) is 3.73. The smallest absolute Gasteiger partial charge is 0.232 e. The molecule has 1 heterocycles. The summed E-state index contributed by atoms with van der Waals surface area (Å²) in [5.74, 6) is 1.72. The zero-order valence-corrected chi connectivity index (χ0v) is 13.3. The van der Waals surface area contributed by atoms with Crippen LogP contribution in [0.1, 0.15) is 24.5 Å². The molecule has 4 nitrogen and oxygen atoms in total. The van der Waals surface area contributed by atoms with Crippen LogP contribution in [0, 0.1) is 0 Å². The molecule has 1 aromatic heterocycles. The maximum absolute atomic E-state index is 9.59. The van der Waals surface area contributed by atoms with Crippen molar-refractivity contribution in [2.24, 2.45) is 0 Å². The molecule has 1 unspecified atom stereocenters. The van der Waals surface area contributed by atoms with Crippen LogP contribution in [0.15, 0.2) is 59.1 Å². The maximum Gasteiger partial charge on any atom is 0.232 e. The highest BCUT2D eigenvalue weighted by molar-refractivity contribution is 6.33. The van der Waals surface area contributed by atoms with Crippen molar-refractivity contribution in [2.75, 3.05) is 0 Å². The van der Waals surface area contributed by atoms with Crippen LogP contribution in [0.4, 0.5) is 0 Å². The summed E-state index contributed by atoms with van der Waals surface area (Å²) in [6.07, 6.45) is 1.10. The van der Waals surface area contributed by atoms with Gasteiger partial charge in [-0.2, -0.15) is 0 Å². The molecule has 2 aromatic carbocycles. The molecule has 1 atom stereocenters. The Kier molecular flexibility index (Phi) is 4.65. The van der Waals surface area contributed by atoms with Gasteiger partial charge in [-0.3, -0.25) is 0 Å². The maximum atomic E-state index is 9.59. The highest BCUT2D eigenvalue weighted by atomic mass is 35.5. The lowest BCUT2D eigenvalue weighted by Crippen LogP contribution is -1.97. The summed E-state index contributed by atoms with van der Waals surface area (Å²) in [7, 11) is 0. The number of aromatic nitrogens is 1. The molecule has 0 saturated carbocycles. The third-order valence-corrected chi connectivity index (χ3v) is 3.73. The van der Waals surface area contributed by atoms with E-state index >= 15 is 0 Å². The first-order valence-corrected chi connectivity index (χ1v) is 7.61. The largest absolute Gasteiger partial charge is 0.484 e. The fourth-order valence-corrected chi connectivity index (χ4v) is 2.40. The van der Waals surface area contributed by atoms with Crippen molar-refractivity contribution < 1.29 is 14.3 Å². The van der Waals surface area contributed by atoms with E-state index in [0.29, 0.717) is 22.4 Å². The molecule has 0 radical (unpaired) electrons. The predicted octanol–water partition coefficient (Wildman–Crippen LogP) is 4.63. The van der Waals surface area contributed by atoms with Gasteiger partial charge in [-0.1, -0.05) is 35.9 Å². The first kappa shape index (κ1) is 15.6. The van der Waals surface area contributed by atoms with Gasteiger partial charge in [-0.15, -0.1) is 0 Å². The van der Waals surface area contributed by atoms with Crippen LogP contribution in [0.5, 0.6) is 5.75 Å². The highest BCUT2D eigenvalue weighted by Crippen LogP contribution is 2.28. The molecule has 1 N–H and O–H groups in total. The van der Waals surface area contributed by atoms with Crippen LogP contribution >= 0.6 is 11.6 Å². The predicted molar refractivity (Wildman–Crippen MR) is 88.4 cm³/mol. The summed E-state index contributed by atoms with van der Waals surface area (Å²) in [6, 6.07) is 14.7. The second-order valence-corrected chi connectivity index (χ2v) is 5.54. The Morgan fingerprint density at radius 1 is 1.22 bits per heavy atom. The molecule has 3 rings (SSSR count). The van der Waals surface area contributed by atoms with Crippen molar-refractivity contribution in [1.29, 1.82) is 0 Å². The highest BCUT2D eigenvalue weighted by Gasteiger charge is 2.10. The molecule has 3 aromatic rings. The standard InChI is InChI=1S/C18H16ClNO3/c1-12(21)13-5-4-6-14(9-13)22-11-18-20-10-17(23-18)15-7-2-3-8-16(15)19/h2-10,12,21H,11H2,1H3. The van der Waals surface area contributed by atoms with Crippen LogP contribution in [0.25, 0.3) is 11.3 Å². The lowest BCUT2D eigenvalue weighted by atomic mass is 10.1. The molecule has 0 saturated heterocycles. The van der Waals surface area contributed by atoms with Crippen molar-refractivity contribution in [1.82, 2.24) is 4.98 Å². The topological polar surface area (TPSA) is 55.5 Å². The fraction of sp³-hybridized carbons (Fsp3) is 0.167. The number of halogens is 1. The summed E-state index contributed by atoms with van der Waals surface area (Å²) in [5.41, 5.74) is 1.59. The number of oxazole rings is 1. The van der Waals surface area contributed by atoms with Crippen LogP contribution in [0.3, 0.4) is 0 Å². The van der Waals surface area contributed by atoms with Crippen molar-refractivity contribution in [3.05, 3.63) is 71.2 Å². The lowest BCUT2D eigenvalue weighted by molar-refractivity contribution is 0.198. The number of nitrogens with zero attached hydrogens (tertiary/aromatic N) is 1. The van der Waals surface area contributed by atoms with Gasteiger partial charge in [0, 0.05) is 5.56 Å². The van der Waals surface area contributed by atoms with Crippen molar-refractivity contribution >= 4 is 11.6 Å². The number of hydrogen-bond acceptors (Lipinski definition) is 4. The monoisotopic (exact) mass is 329 g/mol. The molecular weight excluding hydrogens is 314 g/mol. The lowest BCUT2D eigenvalue weighted by Gasteiger charge is -2.08. The van der Waals surface area contributed by atoms with E-state index in [-0.39, 0.29) is 6.61 Å². The molecule has 0 fully saturated rings. The molecule has 118 valence electrons. The van der Waals surface area contributed by atoms with Gasteiger partial charge in [-0.25, -0.2) is 4.98 Å². The van der Waals surface area contributed by atoms with Crippen LogP contribution < -0.4 is 4.74 Å². The van der Waals surface area contributed by atoms with Gasteiger partial charge < -0.3 is 14.3 Å². The molecule has 0 aliphatic rings. The van der Waals surface area contributed by atoms with E-state index in [1.807, 2.05) is 36.4 Å². The van der Waals surface area contributed by atoms with Gasteiger partial charge in [-0.05, 0) is 36.8 Å². The van der Waals surface area contributed by atoms with E-state index in [4.69, 9.17) is 20.8 Å². The number of ether oxygens (including phenoxy) is 1. The zero-order chi connectivity index (χ0) is 16.2. The van der Waals surface area contributed by atoms with E-state index in [2.05, 4.69) is 4.98 Å². The Hall–Kier alpha value is -2.30. The van der Waals surface area contributed by atoms with E-state index in [1.165, 1.54) is 0 Å². The average Bonchev–Trinajstić information content (AvgIpc) is 3.02. The van der Waals surface area contributed by atoms with Crippen molar-refractivity contribution in [3.8, 4) is 17.1 Å².